The van der Waals surface area contributed by atoms with Crippen molar-refractivity contribution in [1.29, 1.82) is 0 Å². The predicted molar refractivity (Wildman–Crippen MR) is 73.9 cm³/mol. The summed E-state index contributed by atoms with van der Waals surface area (Å²) in [5.41, 5.74) is 1.64. The van der Waals surface area contributed by atoms with Crippen LogP contribution in [0.3, 0.4) is 0 Å². The molecule has 3 aliphatic rings. The smallest absolute Gasteiger partial charge is 0.139 e. The van der Waals surface area contributed by atoms with E-state index in [4.69, 9.17) is 0 Å². The van der Waals surface area contributed by atoms with Gasteiger partial charge in [-0.15, -0.1) is 11.3 Å². The normalized spacial score (nSPS) is 42.3. The molecule has 1 aromatic rings. The van der Waals surface area contributed by atoms with Crippen molar-refractivity contribution in [2.24, 2.45) is 17.3 Å². The van der Waals surface area contributed by atoms with Gasteiger partial charge in [-0.3, -0.25) is 4.79 Å². The van der Waals surface area contributed by atoms with Crippen LogP contribution < -0.4 is 0 Å². The van der Waals surface area contributed by atoms with Gasteiger partial charge in [0.2, 0.25) is 0 Å². The maximum Gasteiger partial charge on any atom is 0.139 e. The van der Waals surface area contributed by atoms with Crippen LogP contribution >= 0.6 is 11.3 Å². The first-order valence-corrected chi connectivity index (χ1v) is 8.18. The van der Waals surface area contributed by atoms with E-state index in [1.54, 1.807) is 10.4 Å². The van der Waals surface area contributed by atoms with Gasteiger partial charge in [0.05, 0.1) is 0 Å². The summed E-state index contributed by atoms with van der Waals surface area (Å²) in [6, 6.07) is 2.32. The van der Waals surface area contributed by atoms with Gasteiger partial charge in [0, 0.05) is 16.7 Å². The van der Waals surface area contributed by atoms with Gasteiger partial charge in [0.15, 0.2) is 0 Å². The number of rotatable bonds is 0. The minimum absolute atomic E-state index is 0.0376. The van der Waals surface area contributed by atoms with Crippen molar-refractivity contribution in [3.05, 3.63) is 21.9 Å². The highest BCUT2D eigenvalue weighted by Crippen LogP contribution is 2.60. The number of carbonyl (C=O) groups is 1. The van der Waals surface area contributed by atoms with Crippen molar-refractivity contribution < 1.29 is 4.79 Å². The molecule has 2 saturated carbocycles. The Kier molecular flexibility index (Phi) is 2.30. The molecule has 4 unspecified atom stereocenters. The predicted octanol–water partition coefficient (Wildman–Crippen LogP) is 4.17. The fourth-order valence-corrected chi connectivity index (χ4v) is 6.16. The van der Waals surface area contributed by atoms with Crippen LogP contribution in [-0.4, -0.2) is 5.78 Å². The summed E-state index contributed by atoms with van der Waals surface area (Å²) in [7, 11) is 0. The summed E-state index contributed by atoms with van der Waals surface area (Å²) in [5.74, 6) is 2.81. The molecule has 0 bridgehead atoms. The highest BCUT2D eigenvalue weighted by Gasteiger charge is 2.54. The molecule has 96 valence electrons. The van der Waals surface area contributed by atoms with Gasteiger partial charge >= 0.3 is 0 Å². The second kappa shape index (κ2) is 3.69. The van der Waals surface area contributed by atoms with E-state index >= 15 is 0 Å². The molecule has 0 amide bonds. The topological polar surface area (TPSA) is 17.1 Å². The van der Waals surface area contributed by atoms with Gasteiger partial charge < -0.3 is 0 Å². The van der Waals surface area contributed by atoms with Crippen LogP contribution in [-0.2, 0) is 11.2 Å². The van der Waals surface area contributed by atoms with Crippen molar-refractivity contribution in [3.8, 4) is 0 Å². The van der Waals surface area contributed by atoms with E-state index in [0.717, 1.165) is 31.1 Å². The largest absolute Gasteiger partial charge is 0.299 e. The Labute approximate surface area is 113 Å². The van der Waals surface area contributed by atoms with Crippen molar-refractivity contribution in [2.45, 2.75) is 51.4 Å². The molecule has 0 saturated heterocycles. The Morgan fingerprint density at radius 3 is 3.06 bits per heavy atom. The van der Waals surface area contributed by atoms with Gasteiger partial charge in [-0.25, -0.2) is 0 Å². The molecule has 4 rings (SSSR count). The average Bonchev–Trinajstić information content (AvgIpc) is 2.94. The third kappa shape index (κ3) is 1.30. The molecule has 3 aliphatic carbocycles. The van der Waals surface area contributed by atoms with E-state index < -0.39 is 0 Å². The SMILES string of the molecule is CC12CCC3c4sccc4CCC3C1CCC2=O. The summed E-state index contributed by atoms with van der Waals surface area (Å²) in [6.07, 6.45) is 6.97. The monoisotopic (exact) mass is 260 g/mol. The van der Waals surface area contributed by atoms with Crippen LogP contribution in [0.1, 0.15) is 55.4 Å². The third-order valence-corrected chi connectivity index (χ3v) is 7.10. The molecule has 0 aliphatic heterocycles. The van der Waals surface area contributed by atoms with Crippen molar-refractivity contribution in [3.63, 3.8) is 0 Å². The first kappa shape index (κ1) is 11.2. The van der Waals surface area contributed by atoms with Crippen LogP contribution in [0.4, 0.5) is 0 Å². The zero-order valence-corrected chi connectivity index (χ0v) is 11.8. The number of aryl methyl sites for hydroxylation is 1. The van der Waals surface area contributed by atoms with Crippen LogP contribution in [0.5, 0.6) is 0 Å². The van der Waals surface area contributed by atoms with Crippen LogP contribution in [0.2, 0.25) is 0 Å². The average molecular weight is 260 g/mol. The Balaban J connectivity index is 1.73. The fraction of sp³-hybridized carbons (Fsp3) is 0.688. The number of Topliss-reactive ketones (excluding diaryl/α,β-unsaturated/α-hetero) is 1. The zero-order valence-electron chi connectivity index (χ0n) is 10.9. The molecular weight excluding hydrogens is 240 g/mol. The molecule has 1 nitrogen and oxygen atoms in total. The van der Waals surface area contributed by atoms with Gasteiger partial charge in [-0.2, -0.15) is 0 Å². The highest BCUT2D eigenvalue weighted by molar-refractivity contribution is 7.10. The first-order chi connectivity index (χ1) is 8.70. The van der Waals surface area contributed by atoms with Crippen molar-refractivity contribution in [2.75, 3.05) is 0 Å². The highest BCUT2D eigenvalue weighted by atomic mass is 32.1. The molecule has 2 heteroatoms. The van der Waals surface area contributed by atoms with Gasteiger partial charge in [-0.1, -0.05) is 6.92 Å². The lowest BCUT2D eigenvalue weighted by atomic mass is 9.57. The number of ketones is 1. The zero-order chi connectivity index (χ0) is 12.3. The summed E-state index contributed by atoms with van der Waals surface area (Å²) in [5, 5.41) is 2.26. The molecule has 0 N–H and O–H groups in total. The standard InChI is InChI=1S/C16H20OS/c1-16-8-6-12-11(13(16)4-5-14(16)17)3-2-10-7-9-18-15(10)12/h7,9,11-13H,2-6,8H2,1H3. The molecule has 18 heavy (non-hydrogen) atoms. The minimum atomic E-state index is 0.0376. The van der Waals surface area contributed by atoms with Crippen LogP contribution in [0.25, 0.3) is 0 Å². The number of hydrogen-bond donors (Lipinski definition) is 0. The summed E-state index contributed by atoms with van der Waals surface area (Å²) < 4.78 is 0. The van der Waals surface area contributed by atoms with Gasteiger partial charge in [-0.05, 0) is 66.9 Å². The van der Waals surface area contributed by atoms with E-state index in [2.05, 4.69) is 18.4 Å². The maximum absolute atomic E-state index is 12.2. The lowest BCUT2D eigenvalue weighted by Crippen LogP contribution is -2.42. The maximum atomic E-state index is 12.2. The Morgan fingerprint density at radius 1 is 1.28 bits per heavy atom. The molecule has 1 aromatic heterocycles. The molecule has 1 heterocycles. The second-order valence-corrected chi connectivity index (χ2v) is 7.59. The third-order valence-electron chi connectivity index (χ3n) is 6.01. The minimum Gasteiger partial charge on any atom is -0.299 e. The second-order valence-electron chi connectivity index (χ2n) is 6.64. The van der Waals surface area contributed by atoms with Crippen LogP contribution in [0.15, 0.2) is 11.4 Å². The number of fused-ring (bicyclic) bond motifs is 5. The Hall–Kier alpha value is -0.630. The Bertz CT molecular complexity index is 503. The van der Waals surface area contributed by atoms with Gasteiger partial charge in [0.1, 0.15) is 5.78 Å². The summed E-state index contributed by atoms with van der Waals surface area (Å²) in [4.78, 5) is 13.9. The van der Waals surface area contributed by atoms with Crippen molar-refractivity contribution in [1.82, 2.24) is 0 Å². The molecule has 4 atom stereocenters. The molecule has 2 fully saturated rings. The molecule has 0 aromatic carbocycles. The fourth-order valence-electron chi connectivity index (χ4n) is 4.99. The summed E-state index contributed by atoms with van der Waals surface area (Å²) in [6.45, 7) is 2.26. The van der Waals surface area contributed by atoms with E-state index in [-0.39, 0.29) is 5.41 Å². The molecule has 0 spiro atoms. The number of thiophene rings is 1. The van der Waals surface area contributed by atoms with Crippen molar-refractivity contribution >= 4 is 17.1 Å². The van der Waals surface area contributed by atoms with E-state index in [1.807, 2.05) is 11.3 Å². The Morgan fingerprint density at radius 2 is 2.17 bits per heavy atom. The lowest BCUT2D eigenvalue weighted by Gasteiger charge is -2.47. The first-order valence-electron chi connectivity index (χ1n) is 7.30. The molecule has 0 radical (unpaired) electrons. The lowest BCUT2D eigenvalue weighted by molar-refractivity contribution is -0.129. The van der Waals surface area contributed by atoms with Crippen LogP contribution in [0, 0.1) is 17.3 Å². The van der Waals surface area contributed by atoms with Gasteiger partial charge in [0.25, 0.3) is 0 Å². The summed E-state index contributed by atoms with van der Waals surface area (Å²) >= 11 is 1.96. The number of carbonyl (C=O) groups excluding carboxylic acids is 1. The quantitative estimate of drug-likeness (QED) is 0.684. The molecular formula is C16H20OS. The number of hydrogen-bond acceptors (Lipinski definition) is 2. The van der Waals surface area contributed by atoms with E-state index in [9.17, 15) is 4.79 Å². The van der Waals surface area contributed by atoms with E-state index in [1.165, 1.54) is 19.3 Å². The van der Waals surface area contributed by atoms with E-state index in [0.29, 0.717) is 11.7 Å².